The van der Waals surface area contributed by atoms with E-state index in [0.29, 0.717) is 23.5 Å². The molecule has 0 fully saturated rings. The van der Waals surface area contributed by atoms with Gasteiger partial charge in [-0.1, -0.05) is 19.9 Å². The highest BCUT2D eigenvalue weighted by Crippen LogP contribution is 2.30. The Morgan fingerprint density at radius 1 is 1.00 bits per heavy atom. The van der Waals surface area contributed by atoms with Gasteiger partial charge in [0.2, 0.25) is 0 Å². The van der Waals surface area contributed by atoms with Gasteiger partial charge < -0.3 is 10.1 Å². The summed E-state index contributed by atoms with van der Waals surface area (Å²) in [5.41, 5.74) is -4.83. The zero-order valence-electron chi connectivity index (χ0n) is 16.0. The average molecular weight is 444 g/mol. The summed E-state index contributed by atoms with van der Waals surface area (Å²) in [6.07, 6.45) is -0.659. The lowest BCUT2D eigenvalue weighted by atomic mass is 10.2. The Hall–Kier alpha value is -3.08. The van der Waals surface area contributed by atoms with Crippen molar-refractivity contribution in [3.05, 3.63) is 54.1 Å². The highest BCUT2D eigenvalue weighted by molar-refractivity contribution is 7.92. The third-order valence-corrected chi connectivity index (χ3v) is 5.15. The number of anilines is 2. The number of carbonyl (C=O) groups is 2. The minimum Gasteiger partial charge on any atom is -0.449 e. The van der Waals surface area contributed by atoms with E-state index < -0.39 is 32.2 Å². The lowest BCUT2D eigenvalue weighted by molar-refractivity contribution is -0.0436. The first-order valence-corrected chi connectivity index (χ1v) is 10.1. The largest absolute Gasteiger partial charge is 0.501 e. The number of hydrogen-bond acceptors (Lipinski definition) is 5. The zero-order chi connectivity index (χ0) is 22.5. The summed E-state index contributed by atoms with van der Waals surface area (Å²) in [6.45, 7) is 4.01. The lowest BCUT2D eigenvalue weighted by Gasteiger charge is -2.11. The third-order valence-electron chi connectivity index (χ3n) is 3.65. The van der Waals surface area contributed by atoms with Gasteiger partial charge in [0, 0.05) is 16.9 Å². The van der Waals surface area contributed by atoms with Gasteiger partial charge in [0.1, 0.15) is 0 Å². The molecule has 2 N–H and O–H groups in total. The predicted molar refractivity (Wildman–Crippen MR) is 104 cm³/mol. The van der Waals surface area contributed by atoms with E-state index in [2.05, 4.69) is 10.6 Å². The van der Waals surface area contributed by atoms with Gasteiger partial charge in [-0.25, -0.2) is 13.2 Å². The van der Waals surface area contributed by atoms with Crippen molar-refractivity contribution in [3.63, 3.8) is 0 Å². The van der Waals surface area contributed by atoms with Crippen molar-refractivity contribution in [2.45, 2.75) is 24.3 Å². The van der Waals surface area contributed by atoms with E-state index in [1.807, 2.05) is 13.8 Å². The molecule has 0 aromatic heterocycles. The number of benzene rings is 2. The Kier molecular flexibility index (Phi) is 7.08. The average Bonchev–Trinajstić information content (AvgIpc) is 2.66. The molecule has 7 nitrogen and oxygen atoms in total. The van der Waals surface area contributed by atoms with Crippen molar-refractivity contribution >= 4 is 33.2 Å². The van der Waals surface area contributed by atoms with Crippen molar-refractivity contribution in [2.24, 2.45) is 5.92 Å². The van der Waals surface area contributed by atoms with Crippen molar-refractivity contribution in [2.75, 3.05) is 17.2 Å². The summed E-state index contributed by atoms with van der Waals surface area (Å²) in [5.74, 6) is -0.510. The van der Waals surface area contributed by atoms with Crippen LogP contribution in [0.4, 0.5) is 29.3 Å². The number of hydrogen-bond donors (Lipinski definition) is 2. The number of ether oxygens (including phenoxy) is 1. The third kappa shape index (κ3) is 5.96. The standard InChI is InChI=1S/C19H19F3N2O5S/c1-12(2)11-29-18(26)24-15-5-3-4-14(10-15)23-17(25)13-6-8-16(9-7-13)30(27,28)19(20,21)22/h3-10,12H,11H2,1-2H3,(H,23,25)(H,24,26). The van der Waals surface area contributed by atoms with Crippen LogP contribution in [0, 0.1) is 5.92 Å². The molecule has 0 saturated carbocycles. The Balaban J connectivity index is 2.07. The van der Waals surface area contributed by atoms with Crippen LogP contribution in [0.15, 0.2) is 53.4 Å². The topological polar surface area (TPSA) is 102 Å². The molecule has 162 valence electrons. The molecule has 2 aromatic rings. The van der Waals surface area contributed by atoms with Crippen LogP contribution in [0.5, 0.6) is 0 Å². The SMILES string of the molecule is CC(C)COC(=O)Nc1cccc(NC(=O)c2ccc(S(=O)(=O)C(F)(F)F)cc2)c1. The number of halogens is 3. The summed E-state index contributed by atoms with van der Waals surface area (Å²) < 4.78 is 65.5. The van der Waals surface area contributed by atoms with E-state index >= 15 is 0 Å². The maximum absolute atomic E-state index is 12.6. The number of nitrogens with one attached hydrogen (secondary N) is 2. The van der Waals surface area contributed by atoms with E-state index in [4.69, 9.17) is 4.74 Å². The quantitative estimate of drug-likeness (QED) is 0.686. The Morgan fingerprint density at radius 3 is 2.10 bits per heavy atom. The molecule has 0 spiro atoms. The van der Waals surface area contributed by atoms with E-state index in [1.54, 1.807) is 12.1 Å². The van der Waals surface area contributed by atoms with Crippen LogP contribution in [0.3, 0.4) is 0 Å². The van der Waals surface area contributed by atoms with E-state index in [-0.39, 0.29) is 18.1 Å². The second-order valence-corrected chi connectivity index (χ2v) is 8.57. The molecule has 30 heavy (non-hydrogen) atoms. The molecule has 11 heteroatoms. The first-order chi connectivity index (χ1) is 13.9. The molecule has 0 unspecified atom stereocenters. The van der Waals surface area contributed by atoms with Gasteiger partial charge in [-0.15, -0.1) is 0 Å². The van der Waals surface area contributed by atoms with Gasteiger partial charge >= 0.3 is 11.6 Å². The normalized spacial score (nSPS) is 11.8. The molecule has 0 atom stereocenters. The van der Waals surface area contributed by atoms with Gasteiger partial charge in [-0.3, -0.25) is 10.1 Å². The van der Waals surface area contributed by atoms with Gasteiger partial charge in [-0.2, -0.15) is 13.2 Å². The van der Waals surface area contributed by atoms with Crippen molar-refractivity contribution in [3.8, 4) is 0 Å². The van der Waals surface area contributed by atoms with Crippen molar-refractivity contribution in [1.82, 2.24) is 0 Å². The Morgan fingerprint density at radius 2 is 1.57 bits per heavy atom. The van der Waals surface area contributed by atoms with Gasteiger partial charge in [0.15, 0.2) is 0 Å². The summed E-state index contributed by atoms with van der Waals surface area (Å²) >= 11 is 0. The van der Waals surface area contributed by atoms with E-state index in [1.165, 1.54) is 12.1 Å². The molecule has 2 aromatic carbocycles. The monoisotopic (exact) mass is 444 g/mol. The number of amides is 2. The van der Waals surface area contributed by atoms with Crippen LogP contribution in [0.25, 0.3) is 0 Å². The molecule has 2 rings (SSSR count). The van der Waals surface area contributed by atoms with Gasteiger partial charge in [0.25, 0.3) is 15.7 Å². The molecule has 0 aliphatic carbocycles. The number of rotatable bonds is 6. The maximum atomic E-state index is 12.6. The molecule has 0 aliphatic rings. The highest BCUT2D eigenvalue weighted by atomic mass is 32.2. The van der Waals surface area contributed by atoms with Crippen LogP contribution >= 0.6 is 0 Å². The minimum atomic E-state index is -5.49. The first-order valence-electron chi connectivity index (χ1n) is 8.67. The van der Waals surface area contributed by atoms with Crippen LogP contribution < -0.4 is 10.6 Å². The number of alkyl halides is 3. The molecule has 0 heterocycles. The van der Waals surface area contributed by atoms with Crippen LogP contribution in [0.2, 0.25) is 0 Å². The fourth-order valence-corrected chi connectivity index (χ4v) is 2.96. The maximum Gasteiger partial charge on any atom is 0.501 e. The fourth-order valence-electron chi connectivity index (χ4n) is 2.19. The molecule has 0 saturated heterocycles. The molecule has 0 bridgehead atoms. The van der Waals surface area contributed by atoms with E-state index in [0.717, 1.165) is 12.1 Å². The van der Waals surface area contributed by atoms with Gasteiger partial charge in [-0.05, 0) is 48.4 Å². The number of sulfone groups is 1. The zero-order valence-corrected chi connectivity index (χ0v) is 16.8. The second-order valence-electron chi connectivity index (χ2n) is 6.63. The summed E-state index contributed by atoms with van der Waals surface area (Å²) in [4.78, 5) is 23.0. The lowest BCUT2D eigenvalue weighted by Crippen LogP contribution is -2.23. The van der Waals surface area contributed by atoms with Crippen LogP contribution in [-0.2, 0) is 14.6 Å². The smallest absolute Gasteiger partial charge is 0.449 e. The Bertz CT molecular complexity index is 1020. The van der Waals surface area contributed by atoms with Crippen LogP contribution in [0.1, 0.15) is 24.2 Å². The summed E-state index contributed by atoms with van der Waals surface area (Å²) in [5, 5.41) is 5.01. The molecular formula is C19H19F3N2O5S. The predicted octanol–water partition coefficient (Wildman–Crippen LogP) is 4.44. The highest BCUT2D eigenvalue weighted by Gasteiger charge is 2.46. The van der Waals surface area contributed by atoms with E-state index in [9.17, 15) is 31.2 Å². The summed E-state index contributed by atoms with van der Waals surface area (Å²) in [7, 11) is -5.49. The van der Waals surface area contributed by atoms with Crippen LogP contribution in [-0.4, -0.2) is 32.5 Å². The second kappa shape index (κ2) is 9.16. The molecule has 2 amide bonds. The van der Waals surface area contributed by atoms with Crippen molar-refractivity contribution < 1.29 is 35.9 Å². The summed E-state index contributed by atoms with van der Waals surface area (Å²) in [6, 6.07) is 9.48. The molecule has 0 aliphatic heterocycles. The molecular weight excluding hydrogens is 425 g/mol. The first kappa shape index (κ1) is 23.2. The molecule has 0 radical (unpaired) electrons. The van der Waals surface area contributed by atoms with Gasteiger partial charge in [0.05, 0.1) is 11.5 Å². The fraction of sp³-hybridized carbons (Fsp3) is 0.263. The Labute approximate surface area is 171 Å². The minimum absolute atomic E-state index is 0.0502. The van der Waals surface area contributed by atoms with Crippen molar-refractivity contribution in [1.29, 1.82) is 0 Å². The number of carbonyl (C=O) groups excluding carboxylic acids is 2.